The minimum Gasteiger partial charge on any atom is -0.357 e. The molecule has 1 heterocycles. The van der Waals surface area contributed by atoms with Crippen molar-refractivity contribution in [1.29, 1.82) is 0 Å². The van der Waals surface area contributed by atoms with Crippen molar-refractivity contribution in [2.24, 2.45) is 0 Å². The predicted octanol–water partition coefficient (Wildman–Crippen LogP) is 4.08. The lowest BCUT2D eigenvalue weighted by Gasteiger charge is -2.24. The Hall–Kier alpha value is -1.09. The average Bonchev–Trinajstić information content (AvgIpc) is 3.30. The summed E-state index contributed by atoms with van der Waals surface area (Å²) in [6.07, 6.45) is 5.15. The number of unbranched alkanes of at least 4 members (excludes halogenated alkanes) is 1. The van der Waals surface area contributed by atoms with Crippen molar-refractivity contribution in [2.75, 3.05) is 18.0 Å². The molecule has 1 aromatic rings. The van der Waals surface area contributed by atoms with E-state index < -0.39 is 0 Å². The number of nitrogens with one attached hydrogen (secondary N) is 1. The predicted molar refractivity (Wildman–Crippen MR) is 91.0 cm³/mol. The van der Waals surface area contributed by atoms with Gasteiger partial charge >= 0.3 is 0 Å². The number of hydrogen-bond donors (Lipinski definition) is 1. The van der Waals surface area contributed by atoms with Crippen molar-refractivity contribution in [3.63, 3.8) is 0 Å². The molecule has 1 aromatic heterocycles. The van der Waals surface area contributed by atoms with Crippen LogP contribution in [0.4, 0.5) is 5.82 Å². The fourth-order valence-corrected chi connectivity index (χ4v) is 2.49. The van der Waals surface area contributed by atoms with E-state index in [1.807, 2.05) is 0 Å². The van der Waals surface area contributed by atoms with E-state index in [1.165, 1.54) is 36.9 Å². The van der Waals surface area contributed by atoms with Crippen LogP contribution in [-0.4, -0.2) is 24.1 Å². The first-order chi connectivity index (χ1) is 10.1. The fraction of sp³-hybridized carbons (Fsp3) is 0.722. The molecular formula is C18H31N3. The van der Waals surface area contributed by atoms with Gasteiger partial charge in [0.1, 0.15) is 5.82 Å². The van der Waals surface area contributed by atoms with Crippen LogP contribution in [0.2, 0.25) is 0 Å². The summed E-state index contributed by atoms with van der Waals surface area (Å²) in [6, 6.07) is 5.31. The number of pyridine rings is 1. The Kier molecular flexibility index (Phi) is 6.04. The van der Waals surface area contributed by atoms with Gasteiger partial charge in [-0.3, -0.25) is 0 Å². The van der Waals surface area contributed by atoms with E-state index in [9.17, 15) is 0 Å². The maximum atomic E-state index is 4.90. The lowest BCUT2D eigenvalue weighted by molar-refractivity contribution is 0.679. The first kappa shape index (κ1) is 16.3. The summed E-state index contributed by atoms with van der Waals surface area (Å²) in [5, 5.41) is 3.62. The van der Waals surface area contributed by atoms with Crippen LogP contribution in [0.5, 0.6) is 0 Å². The Bertz CT molecular complexity index is 438. The van der Waals surface area contributed by atoms with E-state index in [1.54, 1.807) is 0 Å². The van der Waals surface area contributed by atoms with E-state index in [-0.39, 0.29) is 0 Å². The highest BCUT2D eigenvalue weighted by atomic mass is 15.2. The van der Waals surface area contributed by atoms with Crippen LogP contribution in [0.3, 0.4) is 0 Å². The molecule has 0 bridgehead atoms. The molecule has 3 nitrogen and oxygen atoms in total. The summed E-state index contributed by atoms with van der Waals surface area (Å²) in [4.78, 5) is 7.31. The van der Waals surface area contributed by atoms with Gasteiger partial charge < -0.3 is 10.2 Å². The second-order valence-corrected chi connectivity index (χ2v) is 6.50. The molecule has 2 rings (SSSR count). The molecule has 1 fully saturated rings. The van der Waals surface area contributed by atoms with Gasteiger partial charge in [-0.25, -0.2) is 4.98 Å². The molecule has 1 N–H and O–H groups in total. The Morgan fingerprint density at radius 1 is 1.29 bits per heavy atom. The molecule has 1 aliphatic rings. The first-order valence-corrected chi connectivity index (χ1v) is 8.63. The van der Waals surface area contributed by atoms with Gasteiger partial charge in [0, 0.05) is 31.4 Å². The maximum absolute atomic E-state index is 4.90. The molecule has 1 saturated carbocycles. The van der Waals surface area contributed by atoms with Crippen LogP contribution in [0.25, 0.3) is 0 Å². The van der Waals surface area contributed by atoms with E-state index in [4.69, 9.17) is 4.98 Å². The van der Waals surface area contributed by atoms with Crippen LogP contribution in [0, 0.1) is 0 Å². The van der Waals surface area contributed by atoms with E-state index in [2.05, 4.69) is 50.0 Å². The quantitative estimate of drug-likeness (QED) is 0.742. The third-order valence-electron chi connectivity index (χ3n) is 4.14. The lowest BCUT2D eigenvalue weighted by atomic mass is 10.1. The molecule has 0 saturated heterocycles. The van der Waals surface area contributed by atoms with Gasteiger partial charge in [0.05, 0.1) is 0 Å². The van der Waals surface area contributed by atoms with Gasteiger partial charge in [0.15, 0.2) is 0 Å². The Balaban J connectivity index is 2.15. The van der Waals surface area contributed by atoms with Crippen LogP contribution < -0.4 is 10.2 Å². The number of rotatable bonds is 9. The monoisotopic (exact) mass is 289 g/mol. The Labute approximate surface area is 130 Å². The number of anilines is 1. The lowest BCUT2D eigenvalue weighted by Crippen LogP contribution is -2.26. The highest BCUT2D eigenvalue weighted by molar-refractivity contribution is 5.43. The van der Waals surface area contributed by atoms with E-state index >= 15 is 0 Å². The topological polar surface area (TPSA) is 28.2 Å². The van der Waals surface area contributed by atoms with Gasteiger partial charge in [-0.15, -0.1) is 0 Å². The summed E-state index contributed by atoms with van der Waals surface area (Å²) in [7, 11) is 0. The van der Waals surface area contributed by atoms with Crippen molar-refractivity contribution in [1.82, 2.24) is 10.3 Å². The number of hydrogen-bond acceptors (Lipinski definition) is 3. The summed E-state index contributed by atoms with van der Waals surface area (Å²) in [6.45, 7) is 12.0. The molecule has 0 spiro atoms. The van der Waals surface area contributed by atoms with Crippen molar-refractivity contribution in [2.45, 2.75) is 71.9 Å². The van der Waals surface area contributed by atoms with Gasteiger partial charge in [-0.05, 0) is 49.8 Å². The van der Waals surface area contributed by atoms with Crippen molar-refractivity contribution in [3.05, 3.63) is 23.4 Å². The van der Waals surface area contributed by atoms with Crippen LogP contribution >= 0.6 is 0 Å². The average molecular weight is 289 g/mol. The van der Waals surface area contributed by atoms with Gasteiger partial charge in [0.2, 0.25) is 0 Å². The zero-order valence-electron chi connectivity index (χ0n) is 14.2. The molecule has 0 unspecified atom stereocenters. The van der Waals surface area contributed by atoms with Gasteiger partial charge in [-0.1, -0.05) is 27.2 Å². The SMILES string of the molecule is CCCCN(CC)c1cc(CNC2CC2)cc(C(C)C)n1. The molecule has 0 radical (unpaired) electrons. The van der Waals surface area contributed by atoms with Gasteiger partial charge in [0.25, 0.3) is 0 Å². The summed E-state index contributed by atoms with van der Waals surface area (Å²) in [5.74, 6) is 1.64. The largest absolute Gasteiger partial charge is 0.357 e. The summed E-state index contributed by atoms with van der Waals surface area (Å²) in [5.41, 5.74) is 2.60. The van der Waals surface area contributed by atoms with Crippen LogP contribution in [0.15, 0.2) is 12.1 Å². The fourth-order valence-electron chi connectivity index (χ4n) is 2.49. The molecular weight excluding hydrogens is 258 g/mol. The summed E-state index contributed by atoms with van der Waals surface area (Å²) >= 11 is 0. The maximum Gasteiger partial charge on any atom is 0.129 e. The first-order valence-electron chi connectivity index (χ1n) is 8.63. The molecule has 3 heteroatoms. The number of nitrogens with zero attached hydrogens (tertiary/aromatic N) is 2. The molecule has 0 atom stereocenters. The Morgan fingerprint density at radius 3 is 2.62 bits per heavy atom. The molecule has 1 aliphatic carbocycles. The zero-order chi connectivity index (χ0) is 15.2. The van der Waals surface area contributed by atoms with Crippen molar-refractivity contribution < 1.29 is 0 Å². The third kappa shape index (κ3) is 4.99. The molecule has 0 aromatic carbocycles. The minimum absolute atomic E-state index is 0.481. The molecule has 0 aliphatic heterocycles. The second kappa shape index (κ2) is 7.79. The normalized spacial score (nSPS) is 14.7. The molecule has 118 valence electrons. The number of aromatic nitrogens is 1. The van der Waals surface area contributed by atoms with E-state index in [0.29, 0.717) is 5.92 Å². The smallest absolute Gasteiger partial charge is 0.129 e. The minimum atomic E-state index is 0.481. The highest BCUT2D eigenvalue weighted by Gasteiger charge is 2.20. The van der Waals surface area contributed by atoms with Crippen molar-refractivity contribution in [3.8, 4) is 0 Å². The molecule has 0 amide bonds. The van der Waals surface area contributed by atoms with Crippen molar-refractivity contribution >= 4 is 5.82 Å². The second-order valence-electron chi connectivity index (χ2n) is 6.50. The summed E-state index contributed by atoms with van der Waals surface area (Å²) < 4.78 is 0. The standard InChI is InChI=1S/C18H31N3/c1-5-7-10-21(6-2)18-12-15(13-19-16-8-9-16)11-17(20-18)14(3)4/h11-12,14,16,19H,5-10,13H2,1-4H3. The third-order valence-corrected chi connectivity index (χ3v) is 4.14. The Morgan fingerprint density at radius 2 is 2.05 bits per heavy atom. The van der Waals surface area contributed by atoms with Crippen LogP contribution in [-0.2, 0) is 6.54 Å². The zero-order valence-corrected chi connectivity index (χ0v) is 14.2. The van der Waals surface area contributed by atoms with Gasteiger partial charge in [-0.2, -0.15) is 0 Å². The highest BCUT2D eigenvalue weighted by Crippen LogP contribution is 2.23. The molecule has 21 heavy (non-hydrogen) atoms. The van der Waals surface area contributed by atoms with Crippen LogP contribution in [0.1, 0.15) is 70.6 Å². The van der Waals surface area contributed by atoms with E-state index in [0.717, 1.165) is 31.5 Å².